The molecule has 0 bridgehead atoms. The van der Waals surface area contributed by atoms with E-state index < -0.39 is 6.04 Å². The summed E-state index contributed by atoms with van der Waals surface area (Å²) in [6.07, 6.45) is 0. The van der Waals surface area contributed by atoms with Crippen LogP contribution in [-0.2, 0) is 9.59 Å². The fourth-order valence-electron chi connectivity index (χ4n) is 2.03. The van der Waals surface area contributed by atoms with Gasteiger partial charge in [0.2, 0.25) is 11.8 Å². The number of rotatable bonds is 2. The third kappa shape index (κ3) is 2.88. The summed E-state index contributed by atoms with van der Waals surface area (Å²) in [5.74, 6) is -0.697. The maximum Gasteiger partial charge on any atom is 0.250 e. The predicted molar refractivity (Wildman–Crippen MR) is 78.2 cm³/mol. The number of carbonyl (C=O) groups excluding carboxylic acids is 2. The fourth-order valence-corrected chi connectivity index (χ4v) is 2.79. The molecule has 1 N–H and O–H groups in total. The predicted octanol–water partition coefficient (Wildman–Crippen LogP) is 1.92. The zero-order valence-electron chi connectivity index (χ0n) is 10.6. The second-order valence-corrected chi connectivity index (χ2v) is 5.97. The summed E-state index contributed by atoms with van der Waals surface area (Å²) in [5.41, 5.74) is 0.576. The molecule has 1 heterocycles. The van der Waals surface area contributed by atoms with E-state index in [1.807, 2.05) is 36.4 Å². The lowest BCUT2D eigenvalue weighted by Crippen LogP contribution is -2.60. The first-order valence-corrected chi connectivity index (χ1v) is 7.04. The highest BCUT2D eigenvalue weighted by Crippen LogP contribution is 2.26. The molecule has 4 nitrogen and oxygen atoms in total. The first-order valence-electron chi connectivity index (χ1n) is 5.96. The van der Waals surface area contributed by atoms with E-state index in [1.54, 1.807) is 0 Å². The Bertz CT molecular complexity index is 533. The average molecular weight is 376 g/mol. The van der Waals surface area contributed by atoms with Crippen molar-refractivity contribution < 1.29 is 14.0 Å². The van der Waals surface area contributed by atoms with Gasteiger partial charge in [0.15, 0.2) is 0 Å². The summed E-state index contributed by atoms with van der Waals surface area (Å²) in [6.45, 7) is 3.73. The van der Waals surface area contributed by atoms with Crippen molar-refractivity contribution in [1.82, 2.24) is 5.32 Å². The molecule has 1 unspecified atom stereocenters. The summed E-state index contributed by atoms with van der Waals surface area (Å²) >= 11 is 1.96. The maximum atomic E-state index is 13.1. The van der Waals surface area contributed by atoms with Crippen molar-refractivity contribution in [1.29, 1.82) is 0 Å². The SMILES string of the molecule is CC(C)C1NC(=O)CN(c2ccc(F)cc2I)C1=O. The Balaban J connectivity index is 2.37. The molecule has 0 aromatic heterocycles. The Labute approximate surface area is 124 Å². The van der Waals surface area contributed by atoms with E-state index in [-0.39, 0.29) is 30.1 Å². The van der Waals surface area contributed by atoms with Crippen molar-refractivity contribution in [3.8, 4) is 0 Å². The highest BCUT2D eigenvalue weighted by molar-refractivity contribution is 14.1. The monoisotopic (exact) mass is 376 g/mol. The molecule has 1 aliphatic heterocycles. The van der Waals surface area contributed by atoms with E-state index in [0.717, 1.165) is 0 Å². The Morgan fingerprint density at radius 2 is 2.11 bits per heavy atom. The molecule has 1 saturated heterocycles. The molecule has 2 rings (SSSR count). The van der Waals surface area contributed by atoms with Gasteiger partial charge in [0.25, 0.3) is 0 Å². The molecule has 1 aliphatic rings. The number of nitrogens with zero attached hydrogens (tertiary/aromatic N) is 1. The molecular formula is C13H14FIN2O2. The molecule has 1 atom stereocenters. The minimum absolute atomic E-state index is 0.0114. The van der Waals surface area contributed by atoms with E-state index >= 15 is 0 Å². The zero-order valence-corrected chi connectivity index (χ0v) is 12.8. The number of nitrogens with one attached hydrogen (secondary N) is 1. The van der Waals surface area contributed by atoms with Crippen LogP contribution in [0.25, 0.3) is 0 Å². The van der Waals surface area contributed by atoms with Crippen molar-refractivity contribution in [2.75, 3.05) is 11.4 Å². The van der Waals surface area contributed by atoms with E-state index in [9.17, 15) is 14.0 Å². The molecule has 1 fully saturated rings. The molecule has 1 aromatic carbocycles. The molecule has 6 heteroatoms. The average Bonchev–Trinajstić information content (AvgIpc) is 2.32. The smallest absolute Gasteiger partial charge is 0.250 e. The number of carbonyl (C=O) groups is 2. The lowest BCUT2D eigenvalue weighted by molar-refractivity contribution is -0.132. The Morgan fingerprint density at radius 1 is 1.42 bits per heavy atom. The normalized spacial score (nSPS) is 19.8. The van der Waals surface area contributed by atoms with Crippen LogP contribution >= 0.6 is 22.6 Å². The van der Waals surface area contributed by atoms with Crippen LogP contribution < -0.4 is 10.2 Å². The van der Waals surface area contributed by atoms with Gasteiger partial charge in [0, 0.05) is 3.57 Å². The van der Waals surface area contributed by atoms with Crippen LogP contribution in [0.2, 0.25) is 0 Å². The first-order chi connectivity index (χ1) is 8.90. The number of benzene rings is 1. The van der Waals surface area contributed by atoms with Gasteiger partial charge in [-0.1, -0.05) is 13.8 Å². The van der Waals surface area contributed by atoms with Gasteiger partial charge in [-0.15, -0.1) is 0 Å². The standard InChI is InChI=1S/C13H14FIN2O2/c1-7(2)12-13(19)17(6-11(18)16-12)10-4-3-8(14)5-9(10)15/h3-5,7,12H,6H2,1-2H3,(H,16,18). The van der Waals surface area contributed by atoms with Crippen molar-refractivity contribution in [2.24, 2.45) is 5.92 Å². The second kappa shape index (κ2) is 5.44. The minimum Gasteiger partial charge on any atom is -0.342 e. The fraction of sp³-hybridized carbons (Fsp3) is 0.385. The zero-order chi connectivity index (χ0) is 14.2. The number of amides is 2. The van der Waals surface area contributed by atoms with Crippen molar-refractivity contribution in [2.45, 2.75) is 19.9 Å². The summed E-state index contributed by atoms with van der Waals surface area (Å²) in [6, 6.07) is 3.65. The quantitative estimate of drug-likeness (QED) is 0.802. The number of hydrogen-bond acceptors (Lipinski definition) is 2. The number of piperazine rings is 1. The summed E-state index contributed by atoms with van der Waals surface area (Å²) in [4.78, 5) is 25.5. The number of halogens is 2. The van der Waals surface area contributed by atoms with Crippen molar-refractivity contribution in [3.63, 3.8) is 0 Å². The first kappa shape index (κ1) is 14.2. The van der Waals surface area contributed by atoms with E-state index in [1.165, 1.54) is 23.1 Å². The molecule has 102 valence electrons. The van der Waals surface area contributed by atoms with Crippen LogP contribution in [-0.4, -0.2) is 24.4 Å². The van der Waals surface area contributed by atoms with Crippen LogP contribution in [0, 0.1) is 15.3 Å². The number of hydrogen-bond donors (Lipinski definition) is 1. The molecular weight excluding hydrogens is 362 g/mol. The molecule has 0 aliphatic carbocycles. The molecule has 0 saturated carbocycles. The Hall–Kier alpha value is -1.18. The molecule has 0 spiro atoms. The van der Waals surface area contributed by atoms with E-state index in [4.69, 9.17) is 0 Å². The lowest BCUT2D eigenvalue weighted by Gasteiger charge is -2.34. The highest BCUT2D eigenvalue weighted by atomic mass is 127. The van der Waals surface area contributed by atoms with Gasteiger partial charge in [-0.2, -0.15) is 0 Å². The number of anilines is 1. The third-order valence-corrected chi connectivity index (χ3v) is 3.88. The summed E-state index contributed by atoms with van der Waals surface area (Å²) in [7, 11) is 0. The molecule has 19 heavy (non-hydrogen) atoms. The molecule has 1 aromatic rings. The van der Waals surface area contributed by atoms with E-state index in [0.29, 0.717) is 9.26 Å². The Morgan fingerprint density at radius 3 is 2.68 bits per heavy atom. The van der Waals surface area contributed by atoms with Crippen LogP contribution in [0.1, 0.15) is 13.8 Å². The van der Waals surface area contributed by atoms with Crippen LogP contribution in [0.15, 0.2) is 18.2 Å². The third-order valence-electron chi connectivity index (χ3n) is 3.02. The second-order valence-electron chi connectivity index (χ2n) is 4.81. The summed E-state index contributed by atoms with van der Waals surface area (Å²) < 4.78 is 13.7. The van der Waals surface area contributed by atoms with Gasteiger partial charge in [0.05, 0.1) is 5.69 Å². The van der Waals surface area contributed by atoms with Gasteiger partial charge in [0.1, 0.15) is 18.4 Å². The van der Waals surface area contributed by atoms with Gasteiger partial charge in [-0.25, -0.2) is 4.39 Å². The maximum absolute atomic E-state index is 13.1. The van der Waals surface area contributed by atoms with Crippen molar-refractivity contribution in [3.05, 3.63) is 27.6 Å². The minimum atomic E-state index is -0.526. The van der Waals surface area contributed by atoms with Crippen LogP contribution in [0.5, 0.6) is 0 Å². The molecule has 2 amide bonds. The van der Waals surface area contributed by atoms with Crippen LogP contribution in [0.3, 0.4) is 0 Å². The van der Waals surface area contributed by atoms with E-state index in [2.05, 4.69) is 5.32 Å². The van der Waals surface area contributed by atoms with Gasteiger partial charge in [-0.05, 0) is 46.7 Å². The van der Waals surface area contributed by atoms with Crippen molar-refractivity contribution >= 4 is 40.1 Å². The van der Waals surface area contributed by atoms with Gasteiger partial charge >= 0.3 is 0 Å². The topological polar surface area (TPSA) is 49.4 Å². The largest absolute Gasteiger partial charge is 0.342 e. The molecule has 0 radical (unpaired) electrons. The summed E-state index contributed by atoms with van der Waals surface area (Å²) in [5, 5.41) is 2.69. The van der Waals surface area contributed by atoms with Crippen LogP contribution in [0.4, 0.5) is 10.1 Å². The van der Waals surface area contributed by atoms with Gasteiger partial charge in [-0.3, -0.25) is 9.59 Å². The highest BCUT2D eigenvalue weighted by Gasteiger charge is 2.35. The van der Waals surface area contributed by atoms with Gasteiger partial charge < -0.3 is 10.2 Å². The Kier molecular flexibility index (Phi) is 4.07. The lowest BCUT2D eigenvalue weighted by atomic mass is 10.0.